The molecule has 10 atom stereocenters. The van der Waals surface area contributed by atoms with Gasteiger partial charge in [-0.25, -0.2) is 71.5 Å². The molecule has 0 spiro atoms. The Labute approximate surface area is 535 Å². The van der Waals surface area contributed by atoms with Crippen molar-refractivity contribution >= 4 is 83.2 Å². The van der Waals surface area contributed by atoms with E-state index in [0.29, 0.717) is 0 Å². The van der Waals surface area contributed by atoms with Gasteiger partial charge in [-0.3, -0.25) is 29.3 Å². The molecule has 0 amide bonds. The van der Waals surface area contributed by atoms with Crippen molar-refractivity contribution in [3.8, 4) is 0 Å². The topological polar surface area (TPSA) is 559 Å². The van der Waals surface area contributed by atoms with Crippen molar-refractivity contribution in [2.45, 2.75) is 61.4 Å². The quantitative estimate of drug-likeness (QED) is 0.0620. The molecule has 0 aliphatic carbocycles. The van der Waals surface area contributed by atoms with Gasteiger partial charge in [0.05, 0.1) is 13.2 Å². The van der Waals surface area contributed by atoms with E-state index in [9.17, 15) is 104 Å². The van der Waals surface area contributed by atoms with Crippen molar-refractivity contribution in [1.82, 2.24) is 0 Å². The standard InChI is InChI=1S/C12H22O35S8.8Na/c13-48(14,15)37-1-3-6(43-51(22,23)24)8(45-53(28,29)30)10(46-54(31,32)33)11(39-3)41-9-7(44-52(25,26)27)5(42-50(19,20)21)4(2-38-49(16,17)18)40-12(9)47-55(34,35)36;;;;;;;;/h3-12H,1-2H2,(H,13,14,15)(H,16,17,18)(H,19,20,21)(H,22,23,24)(H,25,26,27)(H,28,29,30)(H,31,32,33)(H,34,35,36);;;;;;;;/q;8*+1/p-8/t3-,4-,5-,6-,7+,8+,9+,10+,11-,12?;;;;;;;;/m1......../s1. The van der Waals surface area contributed by atoms with Gasteiger partial charge in [-0.05, 0) is 0 Å². The monoisotopic (exact) mass is 1160 g/mol. The minimum absolute atomic E-state index is 0. The summed E-state index contributed by atoms with van der Waals surface area (Å²) < 4.78 is 319. The van der Waals surface area contributed by atoms with Gasteiger partial charge in [-0.15, -0.1) is 0 Å². The molecular weight excluding hydrogens is 1140 g/mol. The van der Waals surface area contributed by atoms with Crippen molar-refractivity contribution in [3.05, 3.63) is 0 Å². The van der Waals surface area contributed by atoms with Crippen LogP contribution >= 0.6 is 0 Å². The smallest absolute Gasteiger partial charge is 0.726 e. The van der Waals surface area contributed by atoms with E-state index in [1.54, 1.807) is 0 Å². The van der Waals surface area contributed by atoms with Crippen molar-refractivity contribution < 1.29 is 388 Å². The van der Waals surface area contributed by atoms with Gasteiger partial charge in [0.15, 0.2) is 12.4 Å². The Morgan fingerprint density at radius 1 is 0.302 bits per heavy atom. The molecule has 2 fully saturated rings. The molecule has 0 N–H and O–H groups in total. The summed E-state index contributed by atoms with van der Waals surface area (Å²) in [6, 6.07) is 0. The van der Waals surface area contributed by atoms with E-state index in [1.165, 1.54) is 0 Å². The molecule has 0 aromatic carbocycles. The SMILES string of the molecule is O=S(=O)([O-])OC[C@H]1O[C@H](O[C@@H]2C(OS(=O)(=O)[O-])O[C@H](COS(=O)(=O)[O-])[C@@H](OS(=O)(=O)[O-])[C@@H]2OS(=O)(=O)[O-])[C@@H](OS(=O)(=O)[O-])[C@@H](OS(=O)(=O)[O-])[C@@H]1OS(=O)(=O)[O-].[Na+].[Na+].[Na+].[Na+].[Na+].[Na+].[Na+].[Na+]. The van der Waals surface area contributed by atoms with E-state index in [2.05, 4.69) is 38.2 Å². The Morgan fingerprint density at radius 3 is 0.810 bits per heavy atom. The Hall–Kier alpha value is 6.84. The summed E-state index contributed by atoms with van der Waals surface area (Å²) in [6.07, 6.45) is -34.1. The number of ether oxygens (including phenoxy) is 3. The van der Waals surface area contributed by atoms with E-state index in [4.69, 9.17) is 9.47 Å². The third kappa shape index (κ3) is 35.7. The molecule has 0 aromatic rings. The fourth-order valence-electron chi connectivity index (χ4n) is 4.16. The summed E-state index contributed by atoms with van der Waals surface area (Å²) in [7, 11) is -50.8. The summed E-state index contributed by atoms with van der Waals surface area (Å²) in [5, 5.41) is 0. The van der Waals surface area contributed by atoms with E-state index in [-0.39, 0.29) is 236 Å². The Bertz CT molecular complexity index is 2290. The summed E-state index contributed by atoms with van der Waals surface area (Å²) in [4.78, 5) is 0. The van der Waals surface area contributed by atoms with E-state index in [1.807, 2.05) is 0 Å². The first-order valence-electron chi connectivity index (χ1n) is 12.2. The van der Waals surface area contributed by atoms with Crippen LogP contribution in [0.4, 0.5) is 0 Å². The van der Waals surface area contributed by atoms with Crippen molar-refractivity contribution in [1.29, 1.82) is 0 Å². The van der Waals surface area contributed by atoms with Crippen LogP contribution in [-0.2, 0) is 131 Å². The van der Waals surface area contributed by atoms with Crippen molar-refractivity contribution in [2.24, 2.45) is 0 Å². The molecule has 51 heteroatoms. The van der Waals surface area contributed by atoms with Gasteiger partial charge < -0.3 is 50.6 Å². The summed E-state index contributed by atoms with van der Waals surface area (Å²) in [5.41, 5.74) is 0. The average Bonchev–Trinajstić information content (AvgIpc) is 2.87. The molecule has 328 valence electrons. The Balaban J connectivity index is -0.000000784. The number of hydrogen-bond donors (Lipinski definition) is 0. The van der Waals surface area contributed by atoms with Crippen LogP contribution in [-0.4, -0.2) is 178 Å². The first-order valence-corrected chi connectivity index (χ1v) is 22.9. The molecule has 2 heterocycles. The average molecular weight is 1160 g/mol. The molecule has 2 rings (SSSR count). The molecule has 0 saturated carbocycles. The zero-order chi connectivity index (χ0) is 43.0. The Kier molecular flexibility index (Phi) is 44.0. The molecular formula is C12H14Na8O35S8. The van der Waals surface area contributed by atoms with Crippen LogP contribution in [0.25, 0.3) is 0 Å². The molecule has 0 bridgehead atoms. The second-order valence-corrected chi connectivity index (χ2v) is 17.6. The van der Waals surface area contributed by atoms with Crippen LogP contribution < -0.4 is 236 Å². The fraction of sp³-hybridized carbons (Fsp3) is 1.00. The molecule has 35 nitrogen and oxygen atoms in total. The largest absolute Gasteiger partial charge is 1.00 e. The third-order valence-electron chi connectivity index (χ3n) is 5.58. The zero-order valence-corrected chi connectivity index (χ0v) is 55.3. The third-order valence-corrected chi connectivity index (χ3v) is 9.15. The van der Waals surface area contributed by atoms with Crippen LogP contribution in [0, 0.1) is 0 Å². The maximum Gasteiger partial charge on any atom is 1.00 e. The van der Waals surface area contributed by atoms with E-state index < -0.39 is 158 Å². The van der Waals surface area contributed by atoms with Crippen LogP contribution in [0.15, 0.2) is 0 Å². The van der Waals surface area contributed by atoms with Gasteiger partial charge in [-0.2, -0.15) is 0 Å². The first-order chi connectivity index (χ1) is 24.2. The summed E-state index contributed by atoms with van der Waals surface area (Å²) in [5.74, 6) is 0. The summed E-state index contributed by atoms with van der Waals surface area (Å²) >= 11 is 0. The van der Waals surface area contributed by atoms with Gasteiger partial charge in [0.1, 0.15) is 42.7 Å². The molecule has 1 unspecified atom stereocenters. The predicted octanol–water partition coefficient (Wildman–Crippen LogP) is -33.5. The minimum Gasteiger partial charge on any atom is -0.726 e. The van der Waals surface area contributed by atoms with Crippen LogP contribution in [0.3, 0.4) is 0 Å². The molecule has 2 aliphatic rings. The first kappa shape index (κ1) is 83.8. The molecule has 63 heavy (non-hydrogen) atoms. The van der Waals surface area contributed by atoms with Crippen LogP contribution in [0.5, 0.6) is 0 Å². The van der Waals surface area contributed by atoms with Gasteiger partial charge >= 0.3 is 236 Å². The van der Waals surface area contributed by atoms with Gasteiger partial charge in [-0.1, -0.05) is 0 Å². The number of hydrogen-bond acceptors (Lipinski definition) is 35. The molecule has 0 radical (unpaired) electrons. The van der Waals surface area contributed by atoms with Gasteiger partial charge in [0.2, 0.25) is 89.5 Å². The second kappa shape index (κ2) is 33.1. The van der Waals surface area contributed by atoms with Gasteiger partial charge in [0, 0.05) is 0 Å². The normalized spacial score (nSPS) is 27.0. The van der Waals surface area contributed by atoms with Crippen molar-refractivity contribution in [3.63, 3.8) is 0 Å². The second-order valence-electron chi connectivity index (χ2n) is 9.42. The maximum absolute atomic E-state index is 11.7. The fourth-order valence-corrected chi connectivity index (χ4v) is 7.62. The maximum atomic E-state index is 11.7. The zero-order valence-electron chi connectivity index (χ0n) is 32.7. The summed E-state index contributed by atoms with van der Waals surface area (Å²) in [6.45, 7) is -4.14. The minimum atomic E-state index is -6.54. The van der Waals surface area contributed by atoms with Crippen molar-refractivity contribution in [2.75, 3.05) is 13.2 Å². The van der Waals surface area contributed by atoms with E-state index in [0.717, 1.165) is 0 Å². The van der Waals surface area contributed by atoms with Gasteiger partial charge in [0.25, 0.3) is 0 Å². The number of rotatable bonds is 20. The molecule has 2 saturated heterocycles. The Morgan fingerprint density at radius 2 is 0.540 bits per heavy atom. The predicted molar refractivity (Wildman–Crippen MR) is 137 cm³/mol. The molecule has 0 aromatic heterocycles. The molecule has 2 aliphatic heterocycles. The van der Waals surface area contributed by atoms with Crippen LogP contribution in [0.2, 0.25) is 0 Å². The van der Waals surface area contributed by atoms with Crippen LogP contribution in [0.1, 0.15) is 0 Å². The van der Waals surface area contributed by atoms with E-state index >= 15 is 0 Å².